The Morgan fingerprint density at radius 3 is 2.49 bits per heavy atom. The number of aliphatic hydroxyl groups is 1. The monoisotopic (exact) mass is 687 g/mol. The fourth-order valence-corrected chi connectivity index (χ4v) is 7.65. The van der Waals surface area contributed by atoms with Gasteiger partial charge >= 0.3 is 5.97 Å². The highest BCUT2D eigenvalue weighted by atomic mass is 16.4. The number of aliphatic hydroxyl groups excluding tert-OH is 1. The number of benzene rings is 2. The summed E-state index contributed by atoms with van der Waals surface area (Å²) >= 11 is 0. The first-order chi connectivity index (χ1) is 24.7. The SMILES string of the molecule is Cc1c(Nc2nccc3cc(CN4CC[C@@H](O)C4)cnc23)cccc1-c1cccc(-c2nc3c(o2)CN(C(=O)CN2CC[C@@H](C(=O)O)C2)C3)c1C. The van der Waals surface area contributed by atoms with Crippen molar-refractivity contribution in [1.82, 2.24) is 29.7 Å². The number of aromatic nitrogens is 3. The van der Waals surface area contributed by atoms with Crippen LogP contribution in [0.2, 0.25) is 0 Å². The van der Waals surface area contributed by atoms with Gasteiger partial charge in [0, 0.05) is 55.2 Å². The van der Waals surface area contributed by atoms with Gasteiger partial charge in [0.1, 0.15) is 17.0 Å². The van der Waals surface area contributed by atoms with Crippen LogP contribution in [0.3, 0.4) is 0 Å². The lowest BCUT2D eigenvalue weighted by Gasteiger charge is -2.20. The molecule has 3 aliphatic rings. The number of oxazole rings is 1. The van der Waals surface area contributed by atoms with Crippen molar-refractivity contribution in [2.24, 2.45) is 5.92 Å². The van der Waals surface area contributed by atoms with Crippen LogP contribution in [-0.2, 0) is 29.2 Å². The third-order valence-corrected chi connectivity index (χ3v) is 10.5. The lowest BCUT2D eigenvalue weighted by molar-refractivity contribution is -0.141. The first kappa shape index (κ1) is 33.0. The number of amides is 1. The van der Waals surface area contributed by atoms with Gasteiger partial charge in [0.15, 0.2) is 5.82 Å². The van der Waals surface area contributed by atoms with Crippen LogP contribution in [0.15, 0.2) is 65.3 Å². The molecule has 0 spiro atoms. The van der Waals surface area contributed by atoms with Crippen molar-refractivity contribution in [3.05, 3.63) is 89.1 Å². The van der Waals surface area contributed by atoms with E-state index in [1.165, 1.54) is 0 Å². The van der Waals surface area contributed by atoms with Crippen molar-refractivity contribution in [2.75, 3.05) is 38.0 Å². The number of carboxylic acid groups (broad SMARTS) is 1. The summed E-state index contributed by atoms with van der Waals surface area (Å²) in [5, 5.41) is 23.8. The zero-order valence-electron chi connectivity index (χ0n) is 28.8. The van der Waals surface area contributed by atoms with Crippen LogP contribution in [0, 0.1) is 19.8 Å². The third-order valence-electron chi connectivity index (χ3n) is 10.5. The van der Waals surface area contributed by atoms with E-state index in [1.54, 1.807) is 11.1 Å². The molecule has 51 heavy (non-hydrogen) atoms. The highest BCUT2D eigenvalue weighted by molar-refractivity contribution is 5.91. The molecule has 262 valence electrons. The number of nitrogens with one attached hydrogen (secondary N) is 1. The van der Waals surface area contributed by atoms with E-state index in [-0.39, 0.29) is 18.6 Å². The summed E-state index contributed by atoms with van der Waals surface area (Å²) in [4.78, 5) is 44.5. The van der Waals surface area contributed by atoms with Gasteiger partial charge < -0.3 is 24.8 Å². The summed E-state index contributed by atoms with van der Waals surface area (Å²) in [5.41, 5.74) is 8.74. The molecule has 2 fully saturated rings. The maximum atomic E-state index is 13.0. The molecule has 3 aromatic heterocycles. The zero-order valence-corrected chi connectivity index (χ0v) is 28.8. The summed E-state index contributed by atoms with van der Waals surface area (Å²) in [6.07, 6.45) is 4.83. The summed E-state index contributed by atoms with van der Waals surface area (Å²) in [6.45, 7) is 8.46. The number of hydrogen-bond acceptors (Lipinski definition) is 10. The molecule has 12 heteroatoms. The van der Waals surface area contributed by atoms with Gasteiger partial charge in [-0.15, -0.1) is 0 Å². The van der Waals surface area contributed by atoms with E-state index in [0.29, 0.717) is 56.6 Å². The van der Waals surface area contributed by atoms with Crippen molar-refractivity contribution in [3.8, 4) is 22.6 Å². The molecule has 12 nitrogen and oxygen atoms in total. The van der Waals surface area contributed by atoms with Crippen molar-refractivity contribution >= 4 is 34.3 Å². The molecule has 2 atom stereocenters. The van der Waals surface area contributed by atoms with Gasteiger partial charge in [-0.3, -0.25) is 24.4 Å². The van der Waals surface area contributed by atoms with Crippen LogP contribution in [0.5, 0.6) is 0 Å². The minimum atomic E-state index is -0.803. The van der Waals surface area contributed by atoms with E-state index in [1.807, 2.05) is 41.4 Å². The zero-order chi connectivity index (χ0) is 35.2. The molecule has 0 saturated carbocycles. The Labute approximate surface area is 295 Å². The summed E-state index contributed by atoms with van der Waals surface area (Å²) in [7, 11) is 0. The van der Waals surface area contributed by atoms with Crippen LogP contribution in [0.1, 0.15) is 41.0 Å². The maximum absolute atomic E-state index is 13.0. The number of likely N-dealkylation sites (tertiary alicyclic amines) is 2. The summed E-state index contributed by atoms with van der Waals surface area (Å²) < 4.78 is 6.27. The number of carboxylic acids is 1. The number of aliphatic carboxylic acids is 1. The minimum Gasteiger partial charge on any atom is -0.481 e. The Bertz CT molecular complexity index is 2120. The molecule has 2 saturated heterocycles. The molecule has 0 unspecified atom stereocenters. The molecule has 1 amide bonds. The first-order valence-corrected chi connectivity index (χ1v) is 17.5. The normalized spacial score (nSPS) is 19.2. The molecule has 3 aliphatic heterocycles. The number of carbonyl (C=O) groups is 2. The quantitative estimate of drug-likeness (QED) is 0.190. The lowest BCUT2D eigenvalue weighted by atomic mass is 9.93. The van der Waals surface area contributed by atoms with E-state index in [9.17, 15) is 19.8 Å². The molecule has 3 N–H and O–H groups in total. The predicted molar refractivity (Wildman–Crippen MR) is 192 cm³/mol. The number of pyridine rings is 2. The van der Waals surface area contributed by atoms with Gasteiger partial charge in [-0.2, -0.15) is 0 Å². The third kappa shape index (κ3) is 6.58. The van der Waals surface area contributed by atoms with Gasteiger partial charge in [0.05, 0.1) is 31.7 Å². The average Bonchev–Trinajstić information content (AvgIpc) is 3.91. The molecule has 8 rings (SSSR count). The van der Waals surface area contributed by atoms with Crippen LogP contribution in [-0.4, -0.2) is 90.6 Å². The standard InChI is InChI=1S/C39H41N7O5/c1-23-29(5-3-7-31(23)38-43-33-20-46(21-34(33)51-38)35(48)22-45-13-10-27(18-45)39(49)50)30-6-4-8-32(24(30)2)42-37-36-26(9-12-40-37)15-25(16-41-36)17-44-14-11-28(47)19-44/h3-9,12,15-16,27-28,47H,10-11,13-14,17-22H2,1-2H3,(H,40,42)(H,49,50)/t27-,28-/m1/s1. The molecule has 6 heterocycles. The van der Waals surface area contributed by atoms with Gasteiger partial charge in [-0.05, 0) is 85.3 Å². The smallest absolute Gasteiger partial charge is 0.307 e. The van der Waals surface area contributed by atoms with Gasteiger partial charge in [-0.25, -0.2) is 9.97 Å². The van der Waals surface area contributed by atoms with Crippen LogP contribution in [0.25, 0.3) is 33.5 Å². The maximum Gasteiger partial charge on any atom is 0.307 e. The predicted octanol–water partition coefficient (Wildman–Crippen LogP) is 5.13. The Balaban J connectivity index is 0.983. The molecule has 0 bridgehead atoms. The van der Waals surface area contributed by atoms with Crippen molar-refractivity contribution < 1.29 is 24.2 Å². The van der Waals surface area contributed by atoms with E-state index >= 15 is 0 Å². The Kier molecular flexibility index (Phi) is 8.74. The Morgan fingerprint density at radius 1 is 0.941 bits per heavy atom. The van der Waals surface area contributed by atoms with Gasteiger partial charge in [-0.1, -0.05) is 24.3 Å². The average molecular weight is 688 g/mol. The summed E-state index contributed by atoms with van der Waals surface area (Å²) in [5.74, 6) is 0.653. The van der Waals surface area contributed by atoms with Crippen molar-refractivity contribution in [2.45, 2.75) is 52.4 Å². The molecule has 2 aromatic carbocycles. The molecular formula is C39H41N7O5. The molecule has 5 aromatic rings. The topological polar surface area (TPSA) is 148 Å². The van der Waals surface area contributed by atoms with Crippen LogP contribution in [0.4, 0.5) is 11.5 Å². The number of carbonyl (C=O) groups excluding carboxylic acids is 1. The van der Waals surface area contributed by atoms with Crippen molar-refractivity contribution in [1.29, 1.82) is 0 Å². The number of anilines is 2. The molecule has 0 radical (unpaired) electrons. The largest absolute Gasteiger partial charge is 0.481 e. The van der Waals surface area contributed by atoms with Crippen LogP contribution < -0.4 is 5.32 Å². The van der Waals surface area contributed by atoms with E-state index < -0.39 is 11.9 Å². The minimum absolute atomic E-state index is 0.0452. The molecule has 0 aliphatic carbocycles. The van der Waals surface area contributed by atoms with Gasteiger partial charge in [0.2, 0.25) is 11.8 Å². The Hall–Kier alpha value is -5.17. The first-order valence-electron chi connectivity index (χ1n) is 17.5. The van der Waals surface area contributed by atoms with E-state index in [4.69, 9.17) is 14.4 Å². The fraction of sp³-hybridized carbons (Fsp3) is 0.359. The van der Waals surface area contributed by atoms with Crippen LogP contribution >= 0.6 is 0 Å². The van der Waals surface area contributed by atoms with Gasteiger partial charge in [0.25, 0.3) is 0 Å². The highest BCUT2D eigenvalue weighted by Gasteiger charge is 2.33. The second kappa shape index (κ2) is 13.5. The number of rotatable bonds is 9. The fourth-order valence-electron chi connectivity index (χ4n) is 7.65. The second-order valence-corrected chi connectivity index (χ2v) is 14.0. The van der Waals surface area contributed by atoms with Crippen molar-refractivity contribution in [3.63, 3.8) is 0 Å². The number of β-amino-alcohol motifs (C(OH)–C–C–N with tert-alkyl or cyclic N) is 1. The number of fused-ring (bicyclic) bond motifs is 2. The number of nitrogens with zero attached hydrogens (tertiary/aromatic N) is 6. The molecular weight excluding hydrogens is 646 g/mol. The second-order valence-electron chi connectivity index (χ2n) is 14.0. The Morgan fingerprint density at radius 2 is 1.73 bits per heavy atom. The number of hydrogen-bond donors (Lipinski definition) is 3. The van der Waals surface area contributed by atoms with E-state index in [0.717, 1.165) is 75.2 Å². The highest BCUT2D eigenvalue weighted by Crippen LogP contribution is 2.38. The summed E-state index contributed by atoms with van der Waals surface area (Å²) in [6, 6.07) is 16.5. The van der Waals surface area contributed by atoms with E-state index in [2.05, 4.69) is 47.2 Å². The lowest BCUT2D eigenvalue weighted by Crippen LogP contribution is -2.37.